The molecule has 0 saturated carbocycles. The number of halogens is 3. The maximum atomic E-state index is 12.8. The van der Waals surface area contributed by atoms with E-state index in [4.69, 9.17) is 0 Å². The summed E-state index contributed by atoms with van der Waals surface area (Å²) in [4.78, 5) is 11.4. The van der Waals surface area contributed by atoms with Crippen molar-refractivity contribution in [3.8, 4) is 0 Å². The lowest BCUT2D eigenvalue weighted by molar-refractivity contribution is -0.297. The molecule has 1 aliphatic heterocycles. The van der Waals surface area contributed by atoms with E-state index >= 15 is 0 Å². The van der Waals surface area contributed by atoms with Crippen molar-refractivity contribution in [3.05, 3.63) is 0 Å². The van der Waals surface area contributed by atoms with Crippen LogP contribution in [0.2, 0.25) is 0 Å². The quantitative estimate of drug-likeness (QED) is 0.782. The highest BCUT2D eigenvalue weighted by Gasteiger charge is 2.63. The van der Waals surface area contributed by atoms with Gasteiger partial charge < -0.3 is 10.4 Å². The van der Waals surface area contributed by atoms with Gasteiger partial charge in [0.15, 0.2) is 0 Å². The summed E-state index contributed by atoms with van der Waals surface area (Å²) >= 11 is 0. The van der Waals surface area contributed by atoms with E-state index in [1.807, 2.05) is 0 Å². The molecule has 1 unspecified atom stereocenters. The largest absolute Gasteiger partial charge is 0.438 e. The topological polar surface area (TPSA) is 64.9 Å². The summed E-state index contributed by atoms with van der Waals surface area (Å²) in [5.74, 6) is 0. The number of carbonyl (C=O) groups is 1. The number of rotatable bonds is 2. The van der Waals surface area contributed by atoms with E-state index in [-0.39, 0.29) is 23.7 Å². The van der Waals surface area contributed by atoms with Crippen LogP contribution < -0.4 is 5.32 Å². The first-order valence-electron chi connectivity index (χ1n) is 5.19. The minimum absolute atomic E-state index is 0.0787. The minimum atomic E-state index is -4.95. The normalized spacial score (nSPS) is 24.8. The minimum Gasteiger partial charge on any atom is -0.362 e. The second kappa shape index (κ2) is 4.52. The van der Waals surface area contributed by atoms with Crippen LogP contribution in [0.5, 0.6) is 0 Å². The van der Waals surface area contributed by atoms with Crippen molar-refractivity contribution in [1.82, 2.24) is 10.3 Å². The molecule has 0 aromatic carbocycles. The third-order valence-electron chi connectivity index (χ3n) is 2.42. The number of nitrogens with zero attached hydrogens (tertiary/aromatic N) is 2. The fourth-order valence-corrected chi connectivity index (χ4v) is 1.47. The lowest BCUT2D eigenvalue weighted by atomic mass is 10.1. The second-order valence-corrected chi connectivity index (χ2v) is 3.66. The van der Waals surface area contributed by atoms with Crippen molar-refractivity contribution in [2.45, 2.75) is 38.6 Å². The number of nitrogens with one attached hydrogen (secondary N) is 1. The molecule has 1 atom stereocenters. The first kappa shape index (κ1) is 13.8. The van der Waals surface area contributed by atoms with Gasteiger partial charge in [-0.25, -0.2) is 4.79 Å². The SMILES string of the molecule is CCNC(=O)N1N=C(CC)CC1(O)C(F)(F)F. The maximum Gasteiger partial charge on any atom is 0.438 e. The first-order chi connectivity index (χ1) is 7.76. The van der Waals surface area contributed by atoms with E-state index < -0.39 is 24.4 Å². The van der Waals surface area contributed by atoms with Gasteiger partial charge in [-0.05, 0) is 13.3 Å². The Kier molecular flexibility index (Phi) is 3.65. The van der Waals surface area contributed by atoms with E-state index in [1.54, 1.807) is 13.8 Å². The van der Waals surface area contributed by atoms with E-state index in [9.17, 15) is 23.1 Å². The zero-order chi connectivity index (χ0) is 13.3. The Morgan fingerprint density at radius 2 is 2.18 bits per heavy atom. The molecule has 5 nitrogen and oxygen atoms in total. The van der Waals surface area contributed by atoms with Gasteiger partial charge in [0.25, 0.3) is 5.72 Å². The second-order valence-electron chi connectivity index (χ2n) is 3.66. The molecule has 98 valence electrons. The van der Waals surface area contributed by atoms with Crippen LogP contribution in [0.15, 0.2) is 5.10 Å². The first-order valence-corrected chi connectivity index (χ1v) is 5.19. The van der Waals surface area contributed by atoms with Gasteiger partial charge in [0.1, 0.15) is 0 Å². The number of alkyl halides is 3. The van der Waals surface area contributed by atoms with Crippen molar-refractivity contribution < 1.29 is 23.1 Å². The molecular weight excluding hydrogens is 239 g/mol. The Hall–Kier alpha value is -1.31. The molecule has 1 aliphatic rings. The van der Waals surface area contributed by atoms with E-state index in [0.717, 1.165) is 0 Å². The van der Waals surface area contributed by atoms with Crippen molar-refractivity contribution in [3.63, 3.8) is 0 Å². The van der Waals surface area contributed by atoms with Crippen molar-refractivity contribution >= 4 is 11.7 Å². The molecule has 0 aromatic rings. The van der Waals surface area contributed by atoms with Gasteiger partial charge in [0.2, 0.25) is 0 Å². The molecular formula is C9H14F3N3O2. The Balaban J connectivity index is 3.03. The highest BCUT2D eigenvalue weighted by atomic mass is 19.4. The summed E-state index contributed by atoms with van der Waals surface area (Å²) in [7, 11) is 0. The van der Waals surface area contributed by atoms with E-state index in [0.29, 0.717) is 0 Å². The molecule has 0 fully saturated rings. The summed E-state index contributed by atoms with van der Waals surface area (Å²) in [6.45, 7) is 3.32. The summed E-state index contributed by atoms with van der Waals surface area (Å²) in [5, 5.41) is 15.4. The van der Waals surface area contributed by atoms with Crippen LogP contribution >= 0.6 is 0 Å². The fourth-order valence-electron chi connectivity index (χ4n) is 1.47. The third kappa shape index (κ3) is 2.36. The molecule has 0 spiro atoms. The molecule has 2 N–H and O–H groups in total. The Morgan fingerprint density at radius 1 is 1.59 bits per heavy atom. The molecule has 1 rings (SSSR count). The van der Waals surface area contributed by atoms with Crippen LogP contribution in [0, 0.1) is 0 Å². The fraction of sp³-hybridized carbons (Fsp3) is 0.778. The van der Waals surface area contributed by atoms with Gasteiger partial charge in [-0.3, -0.25) is 0 Å². The van der Waals surface area contributed by atoms with Gasteiger partial charge in [0, 0.05) is 18.7 Å². The van der Waals surface area contributed by atoms with Crippen LogP contribution in [0.3, 0.4) is 0 Å². The number of amides is 2. The average Bonchev–Trinajstić information content (AvgIpc) is 2.56. The average molecular weight is 253 g/mol. The summed E-state index contributed by atoms with van der Waals surface area (Å²) in [5.41, 5.74) is -3.10. The molecule has 0 radical (unpaired) electrons. The van der Waals surface area contributed by atoms with Crippen molar-refractivity contribution in [1.29, 1.82) is 0 Å². The van der Waals surface area contributed by atoms with Crippen LogP contribution in [-0.4, -0.2) is 40.3 Å². The Bertz CT molecular complexity index is 343. The van der Waals surface area contributed by atoms with Crippen molar-refractivity contribution in [2.24, 2.45) is 5.10 Å². The summed E-state index contributed by atoms with van der Waals surface area (Å²) in [6.07, 6.45) is -5.41. The van der Waals surface area contributed by atoms with E-state index in [1.165, 1.54) is 0 Å². The summed E-state index contributed by atoms with van der Waals surface area (Å²) < 4.78 is 38.3. The predicted octanol–water partition coefficient (Wildman–Crippen LogP) is 1.44. The number of urea groups is 1. The van der Waals surface area contributed by atoms with Gasteiger partial charge in [-0.1, -0.05) is 6.92 Å². The van der Waals surface area contributed by atoms with E-state index in [2.05, 4.69) is 10.4 Å². The van der Waals surface area contributed by atoms with Crippen LogP contribution in [0.4, 0.5) is 18.0 Å². The molecule has 8 heteroatoms. The molecule has 0 aliphatic carbocycles. The van der Waals surface area contributed by atoms with Gasteiger partial charge in [-0.2, -0.15) is 23.3 Å². The number of hydrogen-bond acceptors (Lipinski definition) is 3. The molecule has 0 saturated heterocycles. The Morgan fingerprint density at radius 3 is 2.59 bits per heavy atom. The number of hydrogen-bond donors (Lipinski definition) is 2. The van der Waals surface area contributed by atoms with Gasteiger partial charge >= 0.3 is 12.2 Å². The molecule has 0 aromatic heterocycles. The zero-order valence-electron chi connectivity index (χ0n) is 9.51. The number of carbonyl (C=O) groups excluding carboxylic acids is 1. The van der Waals surface area contributed by atoms with Gasteiger partial charge in [-0.15, -0.1) is 0 Å². The lowest BCUT2D eigenvalue weighted by Crippen LogP contribution is -2.58. The molecule has 0 bridgehead atoms. The highest BCUT2D eigenvalue weighted by molar-refractivity contribution is 5.90. The highest BCUT2D eigenvalue weighted by Crippen LogP contribution is 2.40. The standard InChI is InChI=1S/C9H14F3N3O2/c1-3-6-5-8(17,9(10,11)12)15(14-6)7(16)13-4-2/h17H,3-5H2,1-2H3,(H,13,16). The molecule has 1 heterocycles. The van der Waals surface area contributed by atoms with Crippen LogP contribution in [0.1, 0.15) is 26.7 Å². The smallest absolute Gasteiger partial charge is 0.362 e. The molecule has 17 heavy (non-hydrogen) atoms. The van der Waals surface area contributed by atoms with Crippen LogP contribution in [0.25, 0.3) is 0 Å². The number of aliphatic hydroxyl groups is 1. The number of hydrazone groups is 1. The maximum absolute atomic E-state index is 12.8. The zero-order valence-corrected chi connectivity index (χ0v) is 9.51. The monoisotopic (exact) mass is 253 g/mol. The van der Waals surface area contributed by atoms with Gasteiger partial charge in [0.05, 0.1) is 0 Å². The summed E-state index contributed by atoms with van der Waals surface area (Å²) in [6, 6.07) is -1.06. The third-order valence-corrected chi connectivity index (χ3v) is 2.42. The predicted molar refractivity (Wildman–Crippen MR) is 54.3 cm³/mol. The molecule has 2 amide bonds. The Labute approximate surface area is 96.3 Å². The van der Waals surface area contributed by atoms with Crippen LogP contribution in [-0.2, 0) is 0 Å². The lowest BCUT2D eigenvalue weighted by Gasteiger charge is -2.32. The van der Waals surface area contributed by atoms with Crippen molar-refractivity contribution in [2.75, 3.05) is 6.54 Å².